The van der Waals surface area contributed by atoms with Gasteiger partial charge < -0.3 is 14.7 Å². The molecule has 3 atom stereocenters. The molecule has 1 spiro atoms. The molecule has 3 fully saturated rings. The van der Waals surface area contributed by atoms with Gasteiger partial charge in [-0.1, -0.05) is 6.92 Å². The molecule has 10 heteroatoms. The Morgan fingerprint density at radius 2 is 1.97 bits per heavy atom. The minimum Gasteiger partial charge on any atom is -0.475 e. The van der Waals surface area contributed by atoms with E-state index in [4.69, 9.17) is 19.6 Å². The minimum atomic E-state index is -5.08. The summed E-state index contributed by atoms with van der Waals surface area (Å²) < 4.78 is 37.0. The predicted molar refractivity (Wildman–Crippen MR) is 103 cm³/mol. The second kappa shape index (κ2) is 8.82. The maximum Gasteiger partial charge on any atom is 0.490 e. The van der Waals surface area contributed by atoms with E-state index in [9.17, 15) is 18.0 Å². The molecule has 0 radical (unpaired) electrons. The number of hydrogen-bond donors (Lipinski definition) is 1. The fraction of sp³-hybridized carbons (Fsp3) is 0.850. The Morgan fingerprint density at radius 3 is 2.50 bits per heavy atom. The number of hydrogen-bond acceptors (Lipinski definition) is 5. The summed E-state index contributed by atoms with van der Waals surface area (Å²) in [5, 5.41) is 7.12. The van der Waals surface area contributed by atoms with Crippen LogP contribution in [0.3, 0.4) is 0 Å². The molecule has 2 heterocycles. The molecular weight excluding hydrogens is 403 g/mol. The van der Waals surface area contributed by atoms with Crippen LogP contribution in [0.25, 0.3) is 0 Å². The number of rotatable bonds is 6. The Labute approximate surface area is 174 Å². The van der Waals surface area contributed by atoms with E-state index in [0.717, 1.165) is 63.8 Å². The number of aliphatic imine (C=N–C) groups is 1. The van der Waals surface area contributed by atoms with Crippen molar-refractivity contribution in [1.29, 1.82) is 0 Å². The highest BCUT2D eigenvalue weighted by Crippen LogP contribution is 2.50. The number of ether oxygens (including phenoxy) is 1. The summed E-state index contributed by atoms with van der Waals surface area (Å²) in [6, 6.07) is 0. The molecule has 0 aromatic carbocycles. The molecule has 170 valence electrons. The SMILES string of the molecule is CCC1=N[C@@]2(CC[C@@H]3CN(CCOC)C[C@@H]32)C(=O)N1CC1CC1.O=C(O)C(F)(F)F. The minimum absolute atomic E-state index is 0.322. The van der Waals surface area contributed by atoms with Crippen LogP contribution < -0.4 is 0 Å². The molecule has 2 saturated carbocycles. The van der Waals surface area contributed by atoms with Crippen molar-refractivity contribution < 1.29 is 32.6 Å². The van der Waals surface area contributed by atoms with Crippen LogP contribution in [0.2, 0.25) is 0 Å². The first-order valence-electron chi connectivity index (χ1n) is 10.5. The lowest BCUT2D eigenvalue weighted by Crippen LogP contribution is -2.47. The van der Waals surface area contributed by atoms with Gasteiger partial charge in [-0.25, -0.2) is 4.79 Å². The van der Waals surface area contributed by atoms with Crippen LogP contribution >= 0.6 is 0 Å². The molecule has 30 heavy (non-hydrogen) atoms. The zero-order chi connectivity index (χ0) is 22.1. The first kappa shape index (κ1) is 23.0. The molecule has 2 aliphatic heterocycles. The van der Waals surface area contributed by atoms with Crippen LogP contribution in [0, 0.1) is 17.8 Å². The highest BCUT2D eigenvalue weighted by atomic mass is 19.4. The number of likely N-dealkylation sites (tertiary alicyclic amines) is 1. The number of carboxylic acids is 1. The number of fused-ring (bicyclic) bond motifs is 2. The average Bonchev–Trinajstić information content (AvgIpc) is 3.22. The van der Waals surface area contributed by atoms with Crippen LogP contribution in [0.5, 0.6) is 0 Å². The van der Waals surface area contributed by atoms with Crippen molar-refractivity contribution >= 4 is 17.7 Å². The molecule has 0 bridgehead atoms. The number of carboxylic acid groups (broad SMARTS) is 1. The quantitative estimate of drug-likeness (QED) is 0.696. The van der Waals surface area contributed by atoms with Gasteiger partial charge in [0.15, 0.2) is 0 Å². The van der Waals surface area contributed by atoms with E-state index in [1.807, 2.05) is 0 Å². The molecule has 1 N–H and O–H groups in total. The topological polar surface area (TPSA) is 82.4 Å². The van der Waals surface area contributed by atoms with E-state index in [0.29, 0.717) is 17.7 Å². The van der Waals surface area contributed by atoms with Crippen molar-refractivity contribution in [2.75, 3.05) is 39.9 Å². The Morgan fingerprint density at radius 1 is 1.30 bits per heavy atom. The summed E-state index contributed by atoms with van der Waals surface area (Å²) in [5.74, 6) is 0.397. The zero-order valence-corrected chi connectivity index (χ0v) is 17.5. The summed E-state index contributed by atoms with van der Waals surface area (Å²) in [7, 11) is 1.76. The van der Waals surface area contributed by atoms with E-state index in [-0.39, 0.29) is 0 Å². The summed E-state index contributed by atoms with van der Waals surface area (Å²) in [4.78, 5) is 31.8. The largest absolute Gasteiger partial charge is 0.490 e. The summed E-state index contributed by atoms with van der Waals surface area (Å²) in [5.41, 5.74) is -0.424. The molecule has 0 unspecified atom stereocenters. The molecule has 1 saturated heterocycles. The van der Waals surface area contributed by atoms with Gasteiger partial charge in [0.05, 0.1) is 6.61 Å². The first-order chi connectivity index (χ1) is 14.1. The normalized spacial score (nSPS) is 31.0. The van der Waals surface area contributed by atoms with Gasteiger partial charge in [0.1, 0.15) is 11.4 Å². The highest BCUT2D eigenvalue weighted by molar-refractivity contribution is 6.08. The number of amidine groups is 1. The van der Waals surface area contributed by atoms with Gasteiger partial charge in [0, 0.05) is 45.6 Å². The molecule has 4 aliphatic rings. The second-order valence-electron chi connectivity index (χ2n) is 8.63. The third kappa shape index (κ3) is 4.64. The number of nitrogens with zero attached hydrogens (tertiary/aromatic N) is 3. The Bertz CT molecular complexity index is 695. The third-order valence-electron chi connectivity index (χ3n) is 6.59. The number of alkyl halides is 3. The summed E-state index contributed by atoms with van der Waals surface area (Å²) in [6.45, 7) is 6.93. The van der Waals surface area contributed by atoms with Crippen molar-refractivity contribution in [2.24, 2.45) is 22.7 Å². The van der Waals surface area contributed by atoms with Crippen molar-refractivity contribution in [1.82, 2.24) is 9.80 Å². The highest BCUT2D eigenvalue weighted by Gasteiger charge is 2.61. The zero-order valence-electron chi connectivity index (χ0n) is 17.5. The molecule has 4 rings (SSSR count). The van der Waals surface area contributed by atoms with E-state index in [1.165, 1.54) is 12.8 Å². The standard InChI is InChI=1S/C18H29N3O2.C2HF3O2/c1-3-16-19-18(17(22)21(16)10-13-4-5-13)7-6-14-11-20(8-9-23-2)12-15(14)18;3-2(4,5)1(6)7/h13-15H,3-12H2,1-2H3;(H,6,7)/t14-,15+,18-;/m1./s1. The number of carbonyl (C=O) groups excluding carboxylic acids is 1. The Balaban J connectivity index is 0.000000318. The molecule has 1 amide bonds. The first-order valence-corrected chi connectivity index (χ1v) is 10.5. The van der Waals surface area contributed by atoms with Gasteiger partial charge in [-0.3, -0.25) is 14.7 Å². The second-order valence-corrected chi connectivity index (χ2v) is 8.63. The molecule has 2 aliphatic carbocycles. The van der Waals surface area contributed by atoms with E-state index in [1.54, 1.807) is 7.11 Å². The smallest absolute Gasteiger partial charge is 0.475 e. The van der Waals surface area contributed by atoms with Crippen molar-refractivity contribution in [3.8, 4) is 0 Å². The number of halogens is 3. The number of carbonyl (C=O) groups is 2. The summed E-state index contributed by atoms with van der Waals surface area (Å²) in [6.07, 6.45) is 0.474. The Kier molecular flexibility index (Phi) is 6.76. The molecular formula is C20H30F3N3O4. The monoisotopic (exact) mass is 433 g/mol. The van der Waals surface area contributed by atoms with Gasteiger partial charge in [-0.05, 0) is 37.5 Å². The van der Waals surface area contributed by atoms with Crippen molar-refractivity contribution in [2.45, 2.75) is 50.7 Å². The Hall–Kier alpha value is -1.68. The van der Waals surface area contributed by atoms with E-state index in [2.05, 4.69) is 16.7 Å². The number of aliphatic carboxylic acids is 1. The van der Waals surface area contributed by atoms with Crippen molar-refractivity contribution in [3.05, 3.63) is 0 Å². The molecule has 0 aromatic rings. The van der Waals surface area contributed by atoms with E-state index >= 15 is 0 Å². The van der Waals surface area contributed by atoms with Crippen LogP contribution in [0.4, 0.5) is 13.2 Å². The maximum atomic E-state index is 13.3. The van der Waals surface area contributed by atoms with Gasteiger partial charge in [0.25, 0.3) is 5.91 Å². The van der Waals surface area contributed by atoms with E-state index < -0.39 is 17.7 Å². The lowest BCUT2D eigenvalue weighted by molar-refractivity contribution is -0.192. The van der Waals surface area contributed by atoms with Gasteiger partial charge in [-0.2, -0.15) is 13.2 Å². The average molecular weight is 433 g/mol. The number of amides is 1. The predicted octanol–water partition coefficient (Wildman–Crippen LogP) is 2.41. The fourth-order valence-electron chi connectivity index (χ4n) is 4.90. The lowest BCUT2D eigenvalue weighted by atomic mass is 9.85. The van der Waals surface area contributed by atoms with Crippen molar-refractivity contribution in [3.63, 3.8) is 0 Å². The van der Waals surface area contributed by atoms with Crippen LogP contribution in [0.1, 0.15) is 39.0 Å². The van der Waals surface area contributed by atoms with Gasteiger partial charge in [0.2, 0.25) is 0 Å². The fourth-order valence-corrected chi connectivity index (χ4v) is 4.90. The van der Waals surface area contributed by atoms with Crippen LogP contribution in [0.15, 0.2) is 4.99 Å². The molecule has 7 nitrogen and oxygen atoms in total. The third-order valence-corrected chi connectivity index (χ3v) is 6.59. The van der Waals surface area contributed by atoms with Gasteiger partial charge in [-0.15, -0.1) is 0 Å². The maximum absolute atomic E-state index is 13.3. The van der Waals surface area contributed by atoms with Crippen LogP contribution in [-0.2, 0) is 14.3 Å². The van der Waals surface area contributed by atoms with Gasteiger partial charge >= 0.3 is 12.1 Å². The lowest BCUT2D eigenvalue weighted by Gasteiger charge is -2.28. The number of methoxy groups -OCH3 is 1. The van der Waals surface area contributed by atoms with Crippen LogP contribution in [-0.4, -0.2) is 84.2 Å². The summed E-state index contributed by atoms with van der Waals surface area (Å²) >= 11 is 0. The molecule has 0 aromatic heterocycles.